The van der Waals surface area contributed by atoms with Gasteiger partial charge in [0.15, 0.2) is 0 Å². The molecular formula is C14H15N3O2. The van der Waals surface area contributed by atoms with Crippen LogP contribution in [0, 0.1) is 0 Å². The van der Waals surface area contributed by atoms with Crippen molar-refractivity contribution in [2.75, 3.05) is 18.0 Å². The van der Waals surface area contributed by atoms with Gasteiger partial charge in [-0.25, -0.2) is 14.8 Å². The highest BCUT2D eigenvalue weighted by Gasteiger charge is 2.18. The Morgan fingerprint density at radius 3 is 2.58 bits per heavy atom. The summed E-state index contributed by atoms with van der Waals surface area (Å²) in [5, 5.41) is 10.0. The molecule has 0 aliphatic carbocycles. The molecule has 1 aromatic heterocycles. The number of rotatable bonds is 2. The summed E-state index contributed by atoms with van der Waals surface area (Å²) < 4.78 is 0. The number of nitrogens with zero attached hydrogens (tertiary/aromatic N) is 3. The van der Waals surface area contributed by atoms with Gasteiger partial charge in [0.2, 0.25) is 5.82 Å². The Hall–Kier alpha value is -2.17. The van der Waals surface area contributed by atoms with Gasteiger partial charge < -0.3 is 10.0 Å². The summed E-state index contributed by atoms with van der Waals surface area (Å²) in [6.45, 7) is 1.86. The summed E-state index contributed by atoms with van der Waals surface area (Å²) in [7, 11) is 0. The Balaban J connectivity index is 2.16. The van der Waals surface area contributed by atoms with E-state index in [0.29, 0.717) is 5.52 Å². The predicted molar refractivity (Wildman–Crippen MR) is 72.6 cm³/mol. The molecule has 2 heterocycles. The summed E-state index contributed by atoms with van der Waals surface area (Å²) in [6.07, 6.45) is 3.48. The fourth-order valence-electron chi connectivity index (χ4n) is 2.50. The minimum absolute atomic E-state index is 0.126. The Morgan fingerprint density at radius 1 is 1.11 bits per heavy atom. The van der Waals surface area contributed by atoms with Crippen LogP contribution in [-0.2, 0) is 0 Å². The highest BCUT2D eigenvalue weighted by Crippen LogP contribution is 2.26. The molecule has 0 spiro atoms. The number of carboxylic acids is 1. The fraction of sp³-hybridized carbons (Fsp3) is 0.357. The fourth-order valence-corrected chi connectivity index (χ4v) is 2.50. The second-order valence-electron chi connectivity index (χ2n) is 4.74. The van der Waals surface area contributed by atoms with Crippen LogP contribution >= 0.6 is 0 Å². The molecular weight excluding hydrogens is 242 g/mol. The Bertz CT molecular complexity index is 621. The third-order valence-corrected chi connectivity index (χ3v) is 3.43. The maximum absolute atomic E-state index is 11.1. The van der Waals surface area contributed by atoms with Gasteiger partial charge in [-0.15, -0.1) is 0 Å². The smallest absolute Gasteiger partial charge is 0.374 e. The van der Waals surface area contributed by atoms with Crippen molar-refractivity contribution >= 4 is 22.7 Å². The molecule has 1 saturated heterocycles. The monoisotopic (exact) mass is 257 g/mol. The molecule has 3 rings (SSSR count). The number of carboxylic acid groups (broad SMARTS) is 1. The van der Waals surface area contributed by atoms with Gasteiger partial charge >= 0.3 is 5.97 Å². The normalized spacial score (nSPS) is 15.7. The molecule has 5 heteroatoms. The van der Waals surface area contributed by atoms with Gasteiger partial charge in [0.05, 0.1) is 5.52 Å². The molecule has 1 aliphatic rings. The number of anilines is 1. The molecule has 0 unspecified atom stereocenters. The minimum atomic E-state index is -1.08. The van der Waals surface area contributed by atoms with E-state index in [1.807, 2.05) is 24.3 Å². The molecule has 0 atom stereocenters. The van der Waals surface area contributed by atoms with Crippen LogP contribution in [0.3, 0.4) is 0 Å². The lowest BCUT2D eigenvalue weighted by molar-refractivity contribution is 0.0684. The standard InChI is InChI=1S/C14H15N3O2/c18-14(19)12-15-11-7-3-2-6-10(11)13(16-12)17-8-4-1-5-9-17/h2-3,6-7H,1,4-5,8-9H2,(H,18,19). The van der Waals surface area contributed by atoms with Crippen molar-refractivity contribution in [1.29, 1.82) is 0 Å². The average Bonchev–Trinajstić information content (AvgIpc) is 2.47. The van der Waals surface area contributed by atoms with Crippen LogP contribution in [0.15, 0.2) is 24.3 Å². The summed E-state index contributed by atoms with van der Waals surface area (Å²) in [6, 6.07) is 7.57. The lowest BCUT2D eigenvalue weighted by atomic mass is 10.1. The van der Waals surface area contributed by atoms with E-state index in [9.17, 15) is 4.79 Å². The van der Waals surface area contributed by atoms with Crippen molar-refractivity contribution in [2.24, 2.45) is 0 Å². The van der Waals surface area contributed by atoms with Gasteiger partial charge in [0.1, 0.15) is 5.82 Å². The highest BCUT2D eigenvalue weighted by molar-refractivity contribution is 5.93. The van der Waals surface area contributed by atoms with Gasteiger partial charge in [-0.2, -0.15) is 0 Å². The second-order valence-corrected chi connectivity index (χ2v) is 4.74. The zero-order valence-electron chi connectivity index (χ0n) is 10.5. The molecule has 0 amide bonds. The molecule has 19 heavy (non-hydrogen) atoms. The van der Waals surface area contributed by atoms with Crippen LogP contribution in [0.25, 0.3) is 10.9 Å². The SMILES string of the molecule is O=C(O)c1nc(N2CCCCC2)c2ccccc2n1. The summed E-state index contributed by atoms with van der Waals surface area (Å²) in [5.74, 6) is -0.453. The molecule has 0 radical (unpaired) electrons. The van der Waals surface area contributed by atoms with E-state index < -0.39 is 5.97 Å². The van der Waals surface area contributed by atoms with Crippen LogP contribution in [0.5, 0.6) is 0 Å². The summed E-state index contributed by atoms with van der Waals surface area (Å²) in [5.41, 5.74) is 0.690. The van der Waals surface area contributed by atoms with Crippen molar-refractivity contribution < 1.29 is 9.90 Å². The van der Waals surface area contributed by atoms with E-state index in [0.717, 1.165) is 37.1 Å². The van der Waals surface area contributed by atoms with Gasteiger partial charge in [-0.05, 0) is 31.4 Å². The molecule has 1 aliphatic heterocycles. The topological polar surface area (TPSA) is 66.3 Å². The zero-order valence-corrected chi connectivity index (χ0v) is 10.5. The van der Waals surface area contributed by atoms with Gasteiger partial charge in [-0.3, -0.25) is 0 Å². The minimum Gasteiger partial charge on any atom is -0.475 e. The third kappa shape index (κ3) is 2.23. The Labute approximate surface area is 110 Å². The number of benzene rings is 1. The highest BCUT2D eigenvalue weighted by atomic mass is 16.4. The molecule has 1 fully saturated rings. The molecule has 5 nitrogen and oxygen atoms in total. The molecule has 2 aromatic rings. The number of hydrogen-bond donors (Lipinski definition) is 1. The largest absolute Gasteiger partial charge is 0.475 e. The van der Waals surface area contributed by atoms with E-state index in [1.165, 1.54) is 6.42 Å². The van der Waals surface area contributed by atoms with Crippen LogP contribution in [0.2, 0.25) is 0 Å². The van der Waals surface area contributed by atoms with E-state index in [4.69, 9.17) is 5.11 Å². The van der Waals surface area contributed by atoms with Crippen LogP contribution in [-0.4, -0.2) is 34.1 Å². The molecule has 1 N–H and O–H groups in total. The van der Waals surface area contributed by atoms with Crippen LogP contribution in [0.1, 0.15) is 29.9 Å². The second kappa shape index (κ2) is 4.84. The van der Waals surface area contributed by atoms with Crippen molar-refractivity contribution in [1.82, 2.24) is 9.97 Å². The number of aromatic carboxylic acids is 1. The van der Waals surface area contributed by atoms with Crippen LogP contribution < -0.4 is 4.90 Å². The first kappa shape index (κ1) is 11.9. The zero-order chi connectivity index (χ0) is 13.2. The first-order valence-electron chi connectivity index (χ1n) is 6.51. The average molecular weight is 257 g/mol. The maximum Gasteiger partial charge on any atom is 0.374 e. The number of para-hydroxylation sites is 1. The van der Waals surface area contributed by atoms with E-state index >= 15 is 0 Å². The Kier molecular flexibility index (Phi) is 3.03. The van der Waals surface area contributed by atoms with Gasteiger partial charge in [-0.1, -0.05) is 12.1 Å². The quantitative estimate of drug-likeness (QED) is 0.894. The van der Waals surface area contributed by atoms with E-state index in [-0.39, 0.29) is 5.82 Å². The summed E-state index contributed by atoms with van der Waals surface area (Å²) >= 11 is 0. The van der Waals surface area contributed by atoms with Crippen molar-refractivity contribution in [3.63, 3.8) is 0 Å². The number of aromatic nitrogens is 2. The number of carbonyl (C=O) groups is 1. The molecule has 0 saturated carbocycles. The molecule has 98 valence electrons. The van der Waals surface area contributed by atoms with Gasteiger partial charge in [0.25, 0.3) is 0 Å². The number of fused-ring (bicyclic) bond motifs is 1. The third-order valence-electron chi connectivity index (χ3n) is 3.43. The number of piperidine rings is 1. The number of hydrogen-bond acceptors (Lipinski definition) is 4. The van der Waals surface area contributed by atoms with Crippen LogP contribution in [0.4, 0.5) is 5.82 Å². The van der Waals surface area contributed by atoms with Crippen molar-refractivity contribution in [2.45, 2.75) is 19.3 Å². The first-order chi connectivity index (χ1) is 9.25. The van der Waals surface area contributed by atoms with E-state index in [2.05, 4.69) is 14.9 Å². The summed E-state index contributed by atoms with van der Waals surface area (Å²) in [4.78, 5) is 21.6. The van der Waals surface area contributed by atoms with Gasteiger partial charge in [0, 0.05) is 18.5 Å². The maximum atomic E-state index is 11.1. The van der Waals surface area contributed by atoms with E-state index in [1.54, 1.807) is 0 Å². The Morgan fingerprint density at radius 2 is 1.84 bits per heavy atom. The lowest BCUT2D eigenvalue weighted by Crippen LogP contribution is -2.31. The molecule has 0 bridgehead atoms. The first-order valence-corrected chi connectivity index (χ1v) is 6.51. The van der Waals surface area contributed by atoms with Crippen molar-refractivity contribution in [3.05, 3.63) is 30.1 Å². The predicted octanol–water partition coefficient (Wildman–Crippen LogP) is 2.32. The van der Waals surface area contributed by atoms with Crippen molar-refractivity contribution in [3.8, 4) is 0 Å². The lowest BCUT2D eigenvalue weighted by Gasteiger charge is -2.28. The molecule has 1 aromatic carbocycles.